The number of likely N-dealkylation sites (N-methyl/N-ethyl adjacent to an activating group) is 1. The summed E-state index contributed by atoms with van der Waals surface area (Å²) in [5.74, 6) is 1.20. The molecule has 1 aromatic heterocycles. The number of rotatable bonds is 6. The molecule has 1 aliphatic carbocycles. The van der Waals surface area contributed by atoms with Gasteiger partial charge in [0.25, 0.3) is 5.91 Å². The average Bonchev–Trinajstić information content (AvgIpc) is 3.14. The van der Waals surface area contributed by atoms with E-state index in [1.54, 1.807) is 4.90 Å². The van der Waals surface area contributed by atoms with Crippen LogP contribution in [0.1, 0.15) is 51.2 Å². The molecule has 1 aromatic rings. The van der Waals surface area contributed by atoms with Crippen molar-refractivity contribution in [3.05, 3.63) is 11.7 Å². The first-order valence-corrected chi connectivity index (χ1v) is 6.82. The van der Waals surface area contributed by atoms with Crippen molar-refractivity contribution in [2.75, 3.05) is 6.54 Å². The van der Waals surface area contributed by atoms with Gasteiger partial charge >= 0.3 is 0 Å². The Hall–Kier alpha value is -1.43. The number of hydrogen-bond acceptors (Lipinski definition) is 5. The van der Waals surface area contributed by atoms with Crippen molar-refractivity contribution in [3.8, 4) is 0 Å². The van der Waals surface area contributed by atoms with E-state index in [1.165, 1.54) is 0 Å². The summed E-state index contributed by atoms with van der Waals surface area (Å²) in [5, 5.41) is 13.7. The second-order valence-corrected chi connectivity index (χ2v) is 5.36. The highest BCUT2D eigenvalue weighted by Gasteiger charge is 2.30. The Kier molecular flexibility index (Phi) is 4.19. The lowest BCUT2D eigenvalue weighted by molar-refractivity contribution is -0.142. The Morgan fingerprint density at radius 2 is 2.21 bits per heavy atom. The second kappa shape index (κ2) is 5.69. The minimum Gasteiger partial charge on any atom is -0.383 e. The van der Waals surface area contributed by atoms with Gasteiger partial charge in [0.1, 0.15) is 6.10 Å². The summed E-state index contributed by atoms with van der Waals surface area (Å²) in [6.07, 6.45) is 1.23. The molecule has 1 atom stereocenters. The standard InChI is InChI=1S/C13H21N3O3/c1-4-16(13(18)11(17)8(2)3)7-10-14-12(19-15-10)9-5-6-9/h8-9,11,17H,4-7H2,1-3H3. The summed E-state index contributed by atoms with van der Waals surface area (Å²) in [6, 6.07) is 0. The monoisotopic (exact) mass is 267 g/mol. The van der Waals surface area contributed by atoms with E-state index in [4.69, 9.17) is 4.52 Å². The number of aliphatic hydroxyl groups excluding tert-OH is 1. The van der Waals surface area contributed by atoms with Gasteiger partial charge in [-0.05, 0) is 25.7 Å². The molecule has 0 spiro atoms. The third kappa shape index (κ3) is 3.32. The van der Waals surface area contributed by atoms with E-state index in [0.29, 0.717) is 24.2 Å². The minimum absolute atomic E-state index is 0.103. The van der Waals surface area contributed by atoms with Gasteiger partial charge in [-0.1, -0.05) is 19.0 Å². The fraction of sp³-hybridized carbons (Fsp3) is 0.769. The van der Waals surface area contributed by atoms with Crippen LogP contribution in [-0.4, -0.2) is 38.7 Å². The normalized spacial score (nSPS) is 16.7. The molecule has 19 heavy (non-hydrogen) atoms. The van der Waals surface area contributed by atoms with Crippen molar-refractivity contribution in [1.29, 1.82) is 0 Å². The van der Waals surface area contributed by atoms with Gasteiger partial charge in [0, 0.05) is 12.5 Å². The highest BCUT2D eigenvalue weighted by molar-refractivity contribution is 5.80. The highest BCUT2D eigenvalue weighted by atomic mass is 16.5. The zero-order valence-electron chi connectivity index (χ0n) is 11.7. The number of amides is 1. The Morgan fingerprint density at radius 3 is 2.74 bits per heavy atom. The number of hydrogen-bond donors (Lipinski definition) is 1. The van der Waals surface area contributed by atoms with Crippen molar-refractivity contribution in [1.82, 2.24) is 15.0 Å². The van der Waals surface area contributed by atoms with Crippen molar-refractivity contribution in [2.24, 2.45) is 5.92 Å². The fourth-order valence-corrected chi connectivity index (χ4v) is 1.82. The summed E-state index contributed by atoms with van der Waals surface area (Å²) in [6.45, 7) is 6.30. The molecule has 0 radical (unpaired) electrons. The lowest BCUT2D eigenvalue weighted by Crippen LogP contribution is -2.41. The molecule has 1 aliphatic rings. The number of aromatic nitrogens is 2. The van der Waals surface area contributed by atoms with Crippen LogP contribution in [-0.2, 0) is 11.3 Å². The molecule has 1 amide bonds. The summed E-state index contributed by atoms with van der Waals surface area (Å²) in [5.41, 5.74) is 0. The van der Waals surface area contributed by atoms with Crippen LogP contribution in [0.25, 0.3) is 0 Å². The van der Waals surface area contributed by atoms with Crippen LogP contribution >= 0.6 is 0 Å². The van der Waals surface area contributed by atoms with E-state index >= 15 is 0 Å². The largest absolute Gasteiger partial charge is 0.383 e. The van der Waals surface area contributed by atoms with Crippen molar-refractivity contribution in [2.45, 2.75) is 52.2 Å². The van der Waals surface area contributed by atoms with Crippen LogP contribution in [0.15, 0.2) is 4.52 Å². The predicted molar refractivity (Wildman–Crippen MR) is 68.2 cm³/mol. The van der Waals surface area contributed by atoms with Gasteiger partial charge in [-0.25, -0.2) is 0 Å². The van der Waals surface area contributed by atoms with Crippen molar-refractivity contribution >= 4 is 5.91 Å². The molecule has 1 heterocycles. The quantitative estimate of drug-likeness (QED) is 0.840. The second-order valence-electron chi connectivity index (χ2n) is 5.36. The molecule has 6 nitrogen and oxygen atoms in total. The molecule has 106 valence electrons. The van der Waals surface area contributed by atoms with Crippen LogP contribution in [0.2, 0.25) is 0 Å². The highest BCUT2D eigenvalue weighted by Crippen LogP contribution is 2.38. The summed E-state index contributed by atoms with van der Waals surface area (Å²) in [7, 11) is 0. The number of carbonyl (C=O) groups is 1. The van der Waals surface area contributed by atoms with E-state index in [-0.39, 0.29) is 18.4 Å². The van der Waals surface area contributed by atoms with Crippen molar-refractivity contribution in [3.63, 3.8) is 0 Å². The van der Waals surface area contributed by atoms with Gasteiger partial charge in [-0.15, -0.1) is 0 Å². The van der Waals surface area contributed by atoms with Gasteiger partial charge < -0.3 is 14.5 Å². The van der Waals surface area contributed by atoms with Gasteiger partial charge in [0.05, 0.1) is 6.54 Å². The Morgan fingerprint density at radius 1 is 1.53 bits per heavy atom. The maximum atomic E-state index is 12.1. The predicted octanol–water partition coefficient (Wildman–Crippen LogP) is 1.31. The fourth-order valence-electron chi connectivity index (χ4n) is 1.82. The van der Waals surface area contributed by atoms with Crippen LogP contribution in [0.3, 0.4) is 0 Å². The molecule has 0 bridgehead atoms. The van der Waals surface area contributed by atoms with Gasteiger partial charge in [-0.2, -0.15) is 4.98 Å². The Bertz CT molecular complexity index is 440. The topological polar surface area (TPSA) is 79.5 Å². The molecule has 2 rings (SSSR count). The van der Waals surface area contributed by atoms with Gasteiger partial charge in [0.15, 0.2) is 5.82 Å². The first-order valence-electron chi connectivity index (χ1n) is 6.82. The zero-order chi connectivity index (χ0) is 14.0. The molecule has 6 heteroatoms. The van der Waals surface area contributed by atoms with Crippen molar-refractivity contribution < 1.29 is 14.4 Å². The molecule has 1 saturated carbocycles. The first kappa shape index (κ1) is 14.0. The third-order valence-corrected chi connectivity index (χ3v) is 3.32. The SMILES string of the molecule is CCN(Cc1noc(C2CC2)n1)C(=O)C(O)C(C)C. The van der Waals surface area contributed by atoms with Crippen LogP contribution in [0.4, 0.5) is 0 Å². The summed E-state index contributed by atoms with van der Waals surface area (Å²) >= 11 is 0. The van der Waals surface area contributed by atoms with Gasteiger partial charge in [-0.3, -0.25) is 4.79 Å². The number of aliphatic hydroxyl groups is 1. The molecule has 1 fully saturated rings. The van der Waals surface area contributed by atoms with E-state index in [1.807, 2.05) is 20.8 Å². The van der Waals surface area contributed by atoms with Crippen LogP contribution in [0, 0.1) is 5.92 Å². The Balaban J connectivity index is 1.99. The average molecular weight is 267 g/mol. The first-order chi connectivity index (χ1) is 9.02. The van der Waals surface area contributed by atoms with E-state index in [9.17, 15) is 9.90 Å². The molecule has 0 saturated heterocycles. The molecule has 1 unspecified atom stereocenters. The molecular weight excluding hydrogens is 246 g/mol. The minimum atomic E-state index is -0.977. The maximum absolute atomic E-state index is 12.1. The number of nitrogens with zero attached hydrogens (tertiary/aromatic N) is 3. The molecular formula is C13H21N3O3. The number of carbonyl (C=O) groups excluding carboxylic acids is 1. The van der Waals surface area contributed by atoms with Crippen LogP contribution in [0.5, 0.6) is 0 Å². The third-order valence-electron chi connectivity index (χ3n) is 3.32. The maximum Gasteiger partial charge on any atom is 0.252 e. The molecule has 0 aromatic carbocycles. The van der Waals surface area contributed by atoms with E-state index < -0.39 is 6.10 Å². The summed E-state index contributed by atoms with van der Waals surface area (Å²) in [4.78, 5) is 17.9. The van der Waals surface area contributed by atoms with Gasteiger partial charge in [0.2, 0.25) is 5.89 Å². The molecule has 1 N–H and O–H groups in total. The van der Waals surface area contributed by atoms with Crippen LogP contribution < -0.4 is 0 Å². The lowest BCUT2D eigenvalue weighted by atomic mass is 10.1. The van der Waals surface area contributed by atoms with E-state index in [0.717, 1.165) is 12.8 Å². The van der Waals surface area contributed by atoms with E-state index in [2.05, 4.69) is 10.1 Å². The smallest absolute Gasteiger partial charge is 0.252 e. The summed E-state index contributed by atoms with van der Waals surface area (Å²) < 4.78 is 5.16. The molecule has 0 aliphatic heterocycles. The lowest BCUT2D eigenvalue weighted by Gasteiger charge is -2.24. The Labute approximate surface area is 112 Å². The zero-order valence-corrected chi connectivity index (χ0v) is 11.7.